The molecule has 14 heavy (non-hydrogen) atoms. The van der Waals surface area contributed by atoms with Crippen LogP contribution in [0.25, 0.3) is 10.1 Å². The number of fused-ring (bicyclic) bond motifs is 1. The van der Waals surface area contributed by atoms with Crippen LogP contribution < -0.4 is 0 Å². The van der Waals surface area contributed by atoms with Crippen LogP contribution in [0, 0.1) is 21.4 Å². The van der Waals surface area contributed by atoms with Gasteiger partial charge in [-0.3, -0.25) is 10.1 Å². The minimum Gasteiger partial charge on any atom is -0.258 e. The van der Waals surface area contributed by atoms with Gasteiger partial charge in [0.1, 0.15) is 11.6 Å². The van der Waals surface area contributed by atoms with Crippen molar-refractivity contribution >= 4 is 26.4 Å². The predicted octanol–water partition coefficient (Wildman–Crippen LogP) is 2.68. The SMILES string of the molecule is N#Cc1c([N+](=O)[O-])sc2ccccc12. The van der Waals surface area contributed by atoms with Crippen molar-refractivity contribution < 1.29 is 4.92 Å². The zero-order valence-corrected chi connectivity index (χ0v) is 7.75. The second-order valence-electron chi connectivity index (χ2n) is 2.65. The molecular formula is C9H4N2O2S. The molecule has 1 heterocycles. The summed E-state index contributed by atoms with van der Waals surface area (Å²) in [5.74, 6) is 0. The van der Waals surface area contributed by atoms with E-state index in [-0.39, 0.29) is 10.6 Å². The summed E-state index contributed by atoms with van der Waals surface area (Å²) in [7, 11) is 0. The van der Waals surface area contributed by atoms with Crippen LogP contribution >= 0.6 is 11.3 Å². The Morgan fingerprint density at radius 1 is 1.43 bits per heavy atom. The number of rotatable bonds is 1. The Balaban J connectivity index is 2.87. The van der Waals surface area contributed by atoms with E-state index >= 15 is 0 Å². The van der Waals surface area contributed by atoms with Crippen LogP contribution in [-0.4, -0.2) is 4.92 Å². The van der Waals surface area contributed by atoms with E-state index in [1.165, 1.54) is 0 Å². The molecule has 2 rings (SSSR count). The fraction of sp³-hybridized carbons (Fsp3) is 0. The average molecular weight is 204 g/mol. The van der Waals surface area contributed by atoms with Gasteiger partial charge >= 0.3 is 5.00 Å². The molecule has 0 unspecified atom stereocenters. The third-order valence-corrected chi connectivity index (χ3v) is 2.98. The maximum Gasteiger partial charge on any atom is 0.343 e. The minimum absolute atomic E-state index is 0.0753. The minimum atomic E-state index is -0.511. The molecule has 0 N–H and O–H groups in total. The van der Waals surface area contributed by atoms with Crippen molar-refractivity contribution in [3.05, 3.63) is 39.9 Å². The van der Waals surface area contributed by atoms with Crippen molar-refractivity contribution in [2.45, 2.75) is 0 Å². The molecule has 0 saturated heterocycles. The molecule has 0 spiro atoms. The van der Waals surface area contributed by atoms with Gasteiger partial charge in [-0.15, -0.1) is 0 Å². The molecule has 5 heteroatoms. The van der Waals surface area contributed by atoms with Crippen LogP contribution in [0.2, 0.25) is 0 Å². The van der Waals surface area contributed by atoms with Crippen molar-refractivity contribution in [2.24, 2.45) is 0 Å². The highest BCUT2D eigenvalue weighted by molar-refractivity contribution is 7.22. The van der Waals surface area contributed by atoms with Gasteiger partial charge in [-0.05, 0) is 6.07 Å². The van der Waals surface area contributed by atoms with Crippen molar-refractivity contribution in [3.63, 3.8) is 0 Å². The quantitative estimate of drug-likeness (QED) is 0.529. The maximum atomic E-state index is 10.6. The Morgan fingerprint density at radius 3 is 2.79 bits per heavy atom. The molecule has 0 fully saturated rings. The van der Waals surface area contributed by atoms with Crippen LogP contribution in [-0.2, 0) is 0 Å². The van der Waals surface area contributed by atoms with Gasteiger partial charge in [0.2, 0.25) is 0 Å². The monoisotopic (exact) mass is 204 g/mol. The molecule has 2 aromatic rings. The van der Waals surface area contributed by atoms with Crippen LogP contribution in [0.5, 0.6) is 0 Å². The first kappa shape index (κ1) is 8.66. The number of nitro groups is 1. The lowest BCUT2D eigenvalue weighted by Gasteiger charge is -1.85. The summed E-state index contributed by atoms with van der Waals surface area (Å²) in [5, 5.41) is 20.0. The molecule has 4 nitrogen and oxygen atoms in total. The molecule has 0 amide bonds. The fourth-order valence-corrected chi connectivity index (χ4v) is 2.24. The third-order valence-electron chi connectivity index (χ3n) is 1.85. The Labute approximate surface area is 83.2 Å². The van der Waals surface area contributed by atoms with Gasteiger partial charge in [0.25, 0.3) is 0 Å². The van der Waals surface area contributed by atoms with Crippen molar-refractivity contribution in [1.29, 1.82) is 5.26 Å². The number of hydrogen-bond donors (Lipinski definition) is 0. The Kier molecular flexibility index (Phi) is 1.91. The number of nitriles is 1. The van der Waals surface area contributed by atoms with Crippen LogP contribution in [0.3, 0.4) is 0 Å². The normalized spacial score (nSPS) is 9.93. The highest BCUT2D eigenvalue weighted by Gasteiger charge is 2.20. The first-order chi connectivity index (χ1) is 6.74. The summed E-state index contributed by atoms with van der Waals surface area (Å²) in [5.41, 5.74) is 0.163. The predicted molar refractivity (Wildman–Crippen MR) is 53.2 cm³/mol. The van der Waals surface area contributed by atoms with Gasteiger partial charge in [-0.25, -0.2) is 0 Å². The molecule has 0 saturated carbocycles. The lowest BCUT2D eigenvalue weighted by Crippen LogP contribution is -1.85. The largest absolute Gasteiger partial charge is 0.343 e. The summed E-state index contributed by atoms with van der Waals surface area (Å²) in [6.07, 6.45) is 0. The maximum absolute atomic E-state index is 10.6. The molecule has 1 aromatic carbocycles. The lowest BCUT2D eigenvalue weighted by molar-refractivity contribution is -0.380. The fourth-order valence-electron chi connectivity index (χ4n) is 1.27. The Bertz CT molecular complexity index is 553. The van der Waals surface area contributed by atoms with Crippen LogP contribution in [0.1, 0.15) is 5.56 Å². The lowest BCUT2D eigenvalue weighted by atomic mass is 10.2. The number of hydrogen-bond acceptors (Lipinski definition) is 4. The molecule has 0 atom stereocenters. The summed E-state index contributed by atoms with van der Waals surface area (Å²) >= 11 is 1.03. The van der Waals surface area contributed by atoms with E-state index in [9.17, 15) is 10.1 Å². The van der Waals surface area contributed by atoms with Gasteiger partial charge in [0, 0.05) is 10.1 Å². The number of thiophene rings is 1. The van der Waals surface area contributed by atoms with E-state index in [1.54, 1.807) is 24.3 Å². The third kappa shape index (κ3) is 1.13. The van der Waals surface area contributed by atoms with Gasteiger partial charge in [-0.1, -0.05) is 29.5 Å². The van der Waals surface area contributed by atoms with Crippen LogP contribution in [0.15, 0.2) is 24.3 Å². The van der Waals surface area contributed by atoms with E-state index < -0.39 is 4.92 Å². The zero-order valence-electron chi connectivity index (χ0n) is 6.93. The van der Waals surface area contributed by atoms with Crippen molar-refractivity contribution in [3.8, 4) is 6.07 Å². The van der Waals surface area contributed by atoms with Crippen LogP contribution in [0.4, 0.5) is 5.00 Å². The summed E-state index contributed by atoms with van der Waals surface area (Å²) in [6, 6.07) is 8.92. The highest BCUT2D eigenvalue weighted by Crippen LogP contribution is 2.36. The van der Waals surface area contributed by atoms with Gasteiger partial charge in [0.15, 0.2) is 0 Å². The van der Waals surface area contributed by atoms with Gasteiger partial charge in [-0.2, -0.15) is 5.26 Å². The van der Waals surface area contributed by atoms with Crippen molar-refractivity contribution in [1.82, 2.24) is 0 Å². The van der Waals surface area contributed by atoms with E-state index in [0.29, 0.717) is 5.39 Å². The standard InChI is InChI=1S/C9H4N2O2S/c10-5-7-6-3-1-2-4-8(6)14-9(7)11(12)13/h1-4H. The molecule has 68 valence electrons. The summed E-state index contributed by atoms with van der Waals surface area (Å²) in [6.45, 7) is 0. The van der Waals surface area contributed by atoms with E-state index in [1.807, 2.05) is 6.07 Å². The Morgan fingerprint density at radius 2 is 2.14 bits per heavy atom. The molecule has 0 bridgehead atoms. The van der Waals surface area contributed by atoms with E-state index in [0.717, 1.165) is 16.0 Å². The Hall–Kier alpha value is -1.93. The first-order valence-electron chi connectivity index (χ1n) is 3.80. The molecular weight excluding hydrogens is 200 g/mol. The zero-order chi connectivity index (χ0) is 10.1. The smallest absolute Gasteiger partial charge is 0.258 e. The molecule has 1 aromatic heterocycles. The molecule has 0 aliphatic heterocycles. The van der Waals surface area contributed by atoms with Crippen molar-refractivity contribution in [2.75, 3.05) is 0 Å². The topological polar surface area (TPSA) is 66.9 Å². The average Bonchev–Trinajstić information content (AvgIpc) is 2.56. The molecule has 0 aliphatic carbocycles. The van der Waals surface area contributed by atoms with Gasteiger partial charge in [0.05, 0.1) is 4.92 Å². The second kappa shape index (κ2) is 3.09. The molecule has 0 aliphatic rings. The van der Waals surface area contributed by atoms with Gasteiger partial charge < -0.3 is 0 Å². The molecule has 0 radical (unpaired) electrons. The number of benzene rings is 1. The highest BCUT2D eigenvalue weighted by atomic mass is 32.1. The van der Waals surface area contributed by atoms with E-state index in [4.69, 9.17) is 5.26 Å². The van der Waals surface area contributed by atoms with E-state index in [2.05, 4.69) is 0 Å². The first-order valence-corrected chi connectivity index (χ1v) is 4.61. The number of nitrogens with zero attached hydrogens (tertiary/aromatic N) is 2. The summed E-state index contributed by atoms with van der Waals surface area (Å²) < 4.78 is 0.774. The summed E-state index contributed by atoms with van der Waals surface area (Å²) in [4.78, 5) is 10.1. The second-order valence-corrected chi connectivity index (χ2v) is 3.68.